The Labute approximate surface area is 250 Å². The molecule has 0 fully saturated rings. The summed E-state index contributed by atoms with van der Waals surface area (Å²) in [5.41, 5.74) is 3.13. The summed E-state index contributed by atoms with van der Waals surface area (Å²) >= 11 is 0. The molecule has 226 valence electrons. The first-order valence-electron chi connectivity index (χ1n) is 14.9. The molecular formula is C35H44O7. The first-order chi connectivity index (χ1) is 20.5. The summed E-state index contributed by atoms with van der Waals surface area (Å²) in [6.07, 6.45) is 6.55. The minimum atomic E-state index is -0.482. The van der Waals surface area contributed by atoms with E-state index in [4.69, 9.17) is 23.7 Å². The highest BCUT2D eigenvalue weighted by atomic mass is 16.5. The van der Waals surface area contributed by atoms with Gasteiger partial charge in [-0.05, 0) is 73.4 Å². The lowest BCUT2D eigenvalue weighted by atomic mass is 10.0. The molecule has 42 heavy (non-hydrogen) atoms. The zero-order chi connectivity index (χ0) is 30.0. The summed E-state index contributed by atoms with van der Waals surface area (Å²) in [6, 6.07) is 21.0. The van der Waals surface area contributed by atoms with Gasteiger partial charge in [0, 0.05) is 32.1 Å². The summed E-state index contributed by atoms with van der Waals surface area (Å²) in [5.74, 6) is 1.53. The Balaban J connectivity index is 1.38. The maximum absolute atomic E-state index is 12.7. The van der Waals surface area contributed by atoms with Crippen molar-refractivity contribution >= 4 is 11.8 Å². The molecule has 0 aromatic heterocycles. The van der Waals surface area contributed by atoms with Gasteiger partial charge in [-0.2, -0.15) is 0 Å². The van der Waals surface area contributed by atoms with E-state index in [1.54, 1.807) is 25.3 Å². The van der Waals surface area contributed by atoms with Crippen molar-refractivity contribution in [3.63, 3.8) is 0 Å². The molecule has 0 radical (unpaired) electrons. The third kappa shape index (κ3) is 12.0. The molecule has 0 amide bonds. The van der Waals surface area contributed by atoms with Gasteiger partial charge in [0.2, 0.25) is 0 Å². The van der Waals surface area contributed by atoms with Crippen molar-refractivity contribution < 1.29 is 33.3 Å². The van der Waals surface area contributed by atoms with Crippen LogP contribution in [0.4, 0.5) is 0 Å². The highest BCUT2D eigenvalue weighted by Crippen LogP contribution is 2.21. The van der Waals surface area contributed by atoms with Crippen LogP contribution in [0.15, 0.2) is 66.7 Å². The van der Waals surface area contributed by atoms with Gasteiger partial charge in [-0.15, -0.1) is 0 Å². The highest BCUT2D eigenvalue weighted by molar-refractivity contribution is 5.98. The average molecular weight is 577 g/mol. The lowest BCUT2D eigenvalue weighted by molar-refractivity contribution is 0.0485. The number of carbonyl (C=O) groups excluding carboxylic acids is 2. The van der Waals surface area contributed by atoms with E-state index >= 15 is 0 Å². The van der Waals surface area contributed by atoms with E-state index in [1.165, 1.54) is 18.1 Å². The van der Waals surface area contributed by atoms with Crippen LogP contribution >= 0.6 is 0 Å². The van der Waals surface area contributed by atoms with Crippen molar-refractivity contribution in [1.82, 2.24) is 0 Å². The van der Waals surface area contributed by atoms with Crippen molar-refractivity contribution in [2.75, 3.05) is 40.1 Å². The molecule has 0 saturated heterocycles. The predicted molar refractivity (Wildman–Crippen MR) is 164 cm³/mol. The monoisotopic (exact) mass is 576 g/mol. The molecule has 7 heteroatoms. The van der Waals surface area contributed by atoms with Crippen molar-refractivity contribution in [2.24, 2.45) is 0 Å². The maximum atomic E-state index is 12.7. The second kappa shape index (κ2) is 18.6. The van der Waals surface area contributed by atoms with Gasteiger partial charge in [0.05, 0.1) is 32.0 Å². The number of unbranched alkanes of at least 4 members (excludes halogenated alkanes) is 3. The van der Waals surface area contributed by atoms with Gasteiger partial charge in [0.1, 0.15) is 17.2 Å². The number of ether oxygens (including phenoxy) is 5. The highest BCUT2D eigenvalue weighted by Gasteiger charge is 2.13. The van der Waals surface area contributed by atoms with Crippen molar-refractivity contribution in [1.29, 1.82) is 0 Å². The van der Waals surface area contributed by atoms with E-state index in [9.17, 15) is 9.59 Å². The van der Waals surface area contributed by atoms with Crippen LogP contribution in [-0.4, -0.2) is 51.9 Å². The van der Waals surface area contributed by atoms with E-state index < -0.39 is 5.97 Å². The van der Waals surface area contributed by atoms with Gasteiger partial charge in [-0.1, -0.05) is 50.5 Å². The zero-order valence-corrected chi connectivity index (χ0v) is 25.2. The lowest BCUT2D eigenvalue weighted by Gasteiger charge is -2.11. The van der Waals surface area contributed by atoms with Gasteiger partial charge in [0.15, 0.2) is 5.78 Å². The van der Waals surface area contributed by atoms with E-state index in [-0.39, 0.29) is 12.4 Å². The summed E-state index contributed by atoms with van der Waals surface area (Å²) in [5, 5.41) is 0. The second-order valence-corrected chi connectivity index (χ2v) is 10.2. The van der Waals surface area contributed by atoms with Gasteiger partial charge in [-0.3, -0.25) is 4.79 Å². The summed E-state index contributed by atoms with van der Waals surface area (Å²) in [6.45, 7) is 6.13. The Bertz CT molecular complexity index is 1220. The molecule has 7 nitrogen and oxygen atoms in total. The number of ketones is 1. The van der Waals surface area contributed by atoms with Crippen molar-refractivity contribution in [2.45, 2.75) is 58.8 Å². The van der Waals surface area contributed by atoms with E-state index in [0.29, 0.717) is 49.7 Å². The molecule has 0 heterocycles. The Hall–Kier alpha value is -3.84. The molecule has 0 saturated carbocycles. The van der Waals surface area contributed by atoms with Gasteiger partial charge in [-0.25, -0.2) is 4.79 Å². The zero-order valence-electron chi connectivity index (χ0n) is 25.2. The third-order valence-corrected chi connectivity index (χ3v) is 6.62. The molecule has 0 aliphatic heterocycles. The van der Waals surface area contributed by atoms with Crippen LogP contribution in [-0.2, 0) is 15.9 Å². The third-order valence-electron chi connectivity index (χ3n) is 6.62. The quantitative estimate of drug-likeness (QED) is 0.0784. The van der Waals surface area contributed by atoms with Crippen LogP contribution in [0.5, 0.6) is 17.2 Å². The molecule has 0 unspecified atom stereocenters. The normalized spacial score (nSPS) is 10.7. The second-order valence-electron chi connectivity index (χ2n) is 10.2. The topological polar surface area (TPSA) is 80.3 Å². The molecule has 0 aliphatic carbocycles. The van der Waals surface area contributed by atoms with Crippen LogP contribution < -0.4 is 14.2 Å². The first kappa shape index (κ1) is 32.7. The minimum Gasteiger partial charge on any atom is -0.494 e. The Kier molecular flexibility index (Phi) is 14.4. The smallest absolute Gasteiger partial charge is 0.338 e. The Morgan fingerprint density at radius 1 is 0.595 bits per heavy atom. The number of esters is 1. The van der Waals surface area contributed by atoms with Crippen LogP contribution in [0.1, 0.15) is 84.2 Å². The van der Waals surface area contributed by atoms with Crippen molar-refractivity contribution in [3.05, 3.63) is 89.0 Å². The largest absolute Gasteiger partial charge is 0.494 e. The molecule has 0 bridgehead atoms. The summed E-state index contributed by atoms with van der Waals surface area (Å²) < 4.78 is 27.8. The number of hydrogen-bond acceptors (Lipinski definition) is 7. The fourth-order valence-corrected chi connectivity index (χ4v) is 4.26. The molecular weight excluding hydrogens is 532 g/mol. The van der Waals surface area contributed by atoms with Crippen LogP contribution in [0.3, 0.4) is 0 Å². The summed E-state index contributed by atoms with van der Waals surface area (Å²) in [4.78, 5) is 24.6. The van der Waals surface area contributed by atoms with Crippen molar-refractivity contribution in [3.8, 4) is 17.2 Å². The number of hydrogen-bond donors (Lipinski definition) is 0. The molecule has 3 rings (SSSR count). The fourth-order valence-electron chi connectivity index (χ4n) is 4.26. The lowest BCUT2D eigenvalue weighted by Crippen LogP contribution is -2.11. The fraction of sp³-hybridized carbons (Fsp3) is 0.429. The molecule has 0 atom stereocenters. The SMILES string of the molecule is CCCCCCOc1cc(C(C)=O)cc(C(=O)OCCCOc2ccc(Cc3ccc(OCCCOC)cc3)cc2)c1. The van der Waals surface area contributed by atoms with Crippen LogP contribution in [0.2, 0.25) is 0 Å². The van der Waals surface area contributed by atoms with Crippen LogP contribution in [0.25, 0.3) is 0 Å². The molecule has 0 N–H and O–H groups in total. The van der Waals surface area contributed by atoms with E-state index in [2.05, 4.69) is 31.2 Å². The number of Topliss-reactive ketones (excluding diaryl/α,β-unsaturated/α-hetero) is 1. The first-order valence-corrected chi connectivity index (χ1v) is 14.9. The molecule has 3 aromatic carbocycles. The maximum Gasteiger partial charge on any atom is 0.338 e. The van der Waals surface area contributed by atoms with Crippen LogP contribution in [0, 0.1) is 0 Å². The predicted octanol–water partition coefficient (Wildman–Crippen LogP) is 7.48. The minimum absolute atomic E-state index is 0.128. The molecule has 3 aromatic rings. The van der Waals surface area contributed by atoms with Gasteiger partial charge >= 0.3 is 5.97 Å². The summed E-state index contributed by atoms with van der Waals surface area (Å²) in [7, 11) is 1.69. The van der Waals surface area contributed by atoms with Gasteiger partial charge in [0.25, 0.3) is 0 Å². The number of rotatable bonds is 20. The number of carbonyl (C=O) groups is 2. The average Bonchev–Trinajstić information content (AvgIpc) is 3.00. The number of benzene rings is 3. The van der Waals surface area contributed by atoms with Gasteiger partial charge < -0.3 is 23.7 Å². The van der Waals surface area contributed by atoms with E-state index in [0.717, 1.165) is 50.0 Å². The Morgan fingerprint density at radius 2 is 1.14 bits per heavy atom. The van der Waals surface area contributed by atoms with E-state index in [1.807, 2.05) is 24.3 Å². The standard InChI is InChI=1S/C35H44O7/c1-4-5-6-7-19-41-34-25-30(27(2)36)24-31(26-34)35(37)42-22-9-21-40-33-16-12-29(13-17-33)23-28-10-14-32(15-11-28)39-20-8-18-38-3/h10-17,24-26H,4-9,18-23H2,1-3H3. The molecule has 0 aliphatic rings. The Morgan fingerprint density at radius 3 is 1.71 bits per heavy atom. The number of methoxy groups -OCH3 is 1. The molecule has 0 spiro atoms.